The maximum atomic E-state index is 13.6. The van der Waals surface area contributed by atoms with Crippen molar-refractivity contribution in [1.82, 2.24) is 15.1 Å². The van der Waals surface area contributed by atoms with E-state index < -0.39 is 6.04 Å². The van der Waals surface area contributed by atoms with Crippen LogP contribution < -0.4 is 14.2 Å². The van der Waals surface area contributed by atoms with Crippen LogP contribution in [0.15, 0.2) is 66.7 Å². The van der Waals surface area contributed by atoms with Gasteiger partial charge in [-0.15, -0.1) is 0 Å². The van der Waals surface area contributed by atoms with Gasteiger partial charge in [-0.25, -0.2) is 0 Å². The number of nitrogens with zero attached hydrogens (tertiary/aromatic N) is 2. The van der Waals surface area contributed by atoms with Crippen LogP contribution in [0.25, 0.3) is 11.3 Å². The number of hydrogen-bond acceptors (Lipinski definition) is 5. The summed E-state index contributed by atoms with van der Waals surface area (Å²) in [6.45, 7) is 0.571. The van der Waals surface area contributed by atoms with Gasteiger partial charge in [0.2, 0.25) is 6.79 Å². The Morgan fingerprint density at radius 2 is 1.88 bits per heavy atom. The van der Waals surface area contributed by atoms with Crippen LogP contribution in [0.5, 0.6) is 17.2 Å². The third-order valence-electron chi connectivity index (χ3n) is 6.22. The monoisotopic (exact) mass is 473 g/mol. The van der Waals surface area contributed by atoms with Crippen molar-refractivity contribution in [3.05, 3.63) is 94.1 Å². The van der Waals surface area contributed by atoms with Crippen molar-refractivity contribution in [2.24, 2.45) is 0 Å². The van der Waals surface area contributed by atoms with Gasteiger partial charge in [0, 0.05) is 22.7 Å². The molecule has 7 nitrogen and oxygen atoms in total. The van der Waals surface area contributed by atoms with E-state index in [9.17, 15) is 4.79 Å². The maximum absolute atomic E-state index is 13.6. The Morgan fingerprint density at radius 1 is 1.09 bits per heavy atom. The number of aromatic amines is 1. The third-order valence-corrected chi connectivity index (χ3v) is 6.56. The molecule has 0 spiro atoms. The highest BCUT2D eigenvalue weighted by atomic mass is 35.5. The highest BCUT2D eigenvalue weighted by molar-refractivity contribution is 6.31. The van der Waals surface area contributed by atoms with E-state index >= 15 is 0 Å². The zero-order chi connectivity index (χ0) is 23.2. The van der Waals surface area contributed by atoms with E-state index in [1.54, 1.807) is 7.11 Å². The highest BCUT2D eigenvalue weighted by Gasteiger charge is 2.43. The summed E-state index contributed by atoms with van der Waals surface area (Å²) < 4.78 is 16.2. The van der Waals surface area contributed by atoms with Gasteiger partial charge in [0.1, 0.15) is 11.4 Å². The lowest BCUT2D eigenvalue weighted by Crippen LogP contribution is -2.29. The molecular weight excluding hydrogens is 454 g/mol. The Bertz CT molecular complexity index is 1400. The molecule has 6 rings (SSSR count). The molecule has 1 unspecified atom stereocenters. The largest absolute Gasteiger partial charge is 0.497 e. The molecule has 1 atom stereocenters. The number of nitrogens with one attached hydrogen (secondary N) is 1. The van der Waals surface area contributed by atoms with Crippen molar-refractivity contribution < 1.29 is 19.0 Å². The first-order chi connectivity index (χ1) is 16.6. The molecule has 1 aromatic heterocycles. The van der Waals surface area contributed by atoms with Crippen molar-refractivity contribution in [3.8, 4) is 28.5 Å². The fourth-order valence-electron chi connectivity index (χ4n) is 4.58. The number of carbonyl (C=O) groups is 1. The van der Waals surface area contributed by atoms with Gasteiger partial charge in [0.25, 0.3) is 5.91 Å². The maximum Gasteiger partial charge on any atom is 0.273 e. The SMILES string of the molecule is COc1ccc(-c2n[nH]c3c2C(c2ccccc2Cl)N(Cc2ccc4c(c2)OCO4)C3=O)cc1. The number of amides is 1. The molecule has 2 aliphatic rings. The number of carbonyl (C=O) groups excluding carboxylic acids is 1. The summed E-state index contributed by atoms with van der Waals surface area (Å²) in [5, 5.41) is 8.08. The molecule has 2 aliphatic heterocycles. The summed E-state index contributed by atoms with van der Waals surface area (Å²) in [5.41, 5.74) is 4.64. The van der Waals surface area contributed by atoms with E-state index in [1.165, 1.54) is 0 Å². The molecular formula is C26H20ClN3O4. The Kier molecular flexibility index (Phi) is 4.92. The van der Waals surface area contributed by atoms with Gasteiger partial charge in [-0.3, -0.25) is 9.89 Å². The number of ether oxygens (including phenoxy) is 3. The normalized spacial score (nSPS) is 16.1. The molecule has 8 heteroatoms. The lowest BCUT2D eigenvalue weighted by molar-refractivity contribution is 0.0730. The van der Waals surface area contributed by atoms with Gasteiger partial charge in [-0.2, -0.15) is 5.10 Å². The standard InChI is InChI=1S/C26H20ClN3O4/c1-32-17-9-7-16(8-10-17)23-22-24(29-28-23)26(31)30(25(22)18-4-2-3-5-19(18)27)13-15-6-11-20-21(12-15)34-14-33-20/h2-12,25H,13-14H2,1H3,(H,28,29). The van der Waals surface area contributed by atoms with Gasteiger partial charge >= 0.3 is 0 Å². The summed E-state index contributed by atoms with van der Waals surface area (Å²) in [6, 6.07) is 20.5. The second kappa shape index (κ2) is 8.11. The smallest absolute Gasteiger partial charge is 0.273 e. The minimum atomic E-state index is -0.405. The lowest BCUT2D eigenvalue weighted by Gasteiger charge is -2.27. The fourth-order valence-corrected chi connectivity index (χ4v) is 4.82. The summed E-state index contributed by atoms with van der Waals surface area (Å²) in [4.78, 5) is 15.4. The van der Waals surface area contributed by atoms with Crippen LogP contribution in [0.2, 0.25) is 5.02 Å². The molecule has 0 bridgehead atoms. The summed E-state index contributed by atoms with van der Waals surface area (Å²) in [7, 11) is 1.63. The molecule has 170 valence electrons. The van der Waals surface area contributed by atoms with Gasteiger partial charge < -0.3 is 19.1 Å². The van der Waals surface area contributed by atoms with Crippen LogP contribution in [-0.2, 0) is 6.54 Å². The molecule has 3 heterocycles. The van der Waals surface area contributed by atoms with Crippen LogP contribution >= 0.6 is 11.6 Å². The van der Waals surface area contributed by atoms with E-state index in [1.807, 2.05) is 71.6 Å². The number of H-pyrrole nitrogens is 1. The molecule has 4 aromatic rings. The number of benzene rings is 3. The van der Waals surface area contributed by atoms with E-state index in [4.69, 9.17) is 25.8 Å². The zero-order valence-electron chi connectivity index (χ0n) is 18.2. The molecule has 0 aliphatic carbocycles. The highest BCUT2D eigenvalue weighted by Crippen LogP contribution is 2.45. The minimum Gasteiger partial charge on any atom is -0.497 e. The quantitative estimate of drug-likeness (QED) is 0.430. The predicted octanol–water partition coefficient (Wildman–Crippen LogP) is 5.21. The first-order valence-electron chi connectivity index (χ1n) is 10.8. The Labute approximate surface area is 200 Å². The molecule has 1 N–H and O–H groups in total. The summed E-state index contributed by atoms with van der Waals surface area (Å²) in [6.07, 6.45) is 0. The zero-order valence-corrected chi connectivity index (χ0v) is 19.0. The van der Waals surface area contributed by atoms with Crippen LogP contribution in [0.4, 0.5) is 0 Å². The van der Waals surface area contributed by atoms with E-state index in [0.717, 1.165) is 28.0 Å². The van der Waals surface area contributed by atoms with Crippen LogP contribution in [0.1, 0.15) is 33.2 Å². The Hall–Kier alpha value is -3.97. The number of aromatic nitrogens is 2. The van der Waals surface area contributed by atoms with Gasteiger partial charge in [0.05, 0.1) is 18.8 Å². The van der Waals surface area contributed by atoms with E-state index in [2.05, 4.69) is 10.2 Å². The molecule has 3 aromatic carbocycles. The number of rotatable bonds is 5. The molecule has 0 radical (unpaired) electrons. The molecule has 0 saturated carbocycles. The van der Waals surface area contributed by atoms with Gasteiger partial charge in [-0.1, -0.05) is 35.9 Å². The second-order valence-corrected chi connectivity index (χ2v) is 8.54. The Balaban J connectivity index is 1.46. The second-order valence-electron chi connectivity index (χ2n) is 8.13. The lowest BCUT2D eigenvalue weighted by atomic mass is 9.95. The average molecular weight is 474 g/mol. The molecule has 0 saturated heterocycles. The van der Waals surface area contributed by atoms with Crippen molar-refractivity contribution in [2.75, 3.05) is 13.9 Å². The van der Waals surface area contributed by atoms with E-state index in [-0.39, 0.29) is 12.7 Å². The van der Waals surface area contributed by atoms with Crippen LogP contribution in [0, 0.1) is 0 Å². The fraction of sp³-hybridized carbons (Fsp3) is 0.154. The van der Waals surface area contributed by atoms with Crippen molar-refractivity contribution in [2.45, 2.75) is 12.6 Å². The topological polar surface area (TPSA) is 76.7 Å². The number of halogens is 1. The molecule has 0 fully saturated rings. The van der Waals surface area contributed by atoms with Crippen LogP contribution in [-0.4, -0.2) is 34.9 Å². The first kappa shape index (κ1) is 20.6. The average Bonchev–Trinajstić information content (AvgIpc) is 3.57. The Morgan fingerprint density at radius 3 is 2.68 bits per heavy atom. The minimum absolute atomic E-state index is 0.134. The van der Waals surface area contributed by atoms with Crippen molar-refractivity contribution in [3.63, 3.8) is 0 Å². The van der Waals surface area contributed by atoms with Crippen LogP contribution in [0.3, 0.4) is 0 Å². The van der Waals surface area contributed by atoms with E-state index in [0.29, 0.717) is 34.5 Å². The van der Waals surface area contributed by atoms with Crippen molar-refractivity contribution in [1.29, 1.82) is 0 Å². The van der Waals surface area contributed by atoms with Gasteiger partial charge in [0.15, 0.2) is 11.5 Å². The molecule has 34 heavy (non-hydrogen) atoms. The number of methoxy groups -OCH3 is 1. The third kappa shape index (κ3) is 3.28. The molecule has 1 amide bonds. The first-order valence-corrected chi connectivity index (χ1v) is 11.2. The summed E-state index contributed by atoms with van der Waals surface area (Å²) >= 11 is 6.65. The number of hydrogen-bond donors (Lipinski definition) is 1. The predicted molar refractivity (Wildman–Crippen MR) is 126 cm³/mol. The van der Waals surface area contributed by atoms with Gasteiger partial charge in [-0.05, 0) is 53.6 Å². The van der Waals surface area contributed by atoms with Crippen molar-refractivity contribution >= 4 is 17.5 Å². The number of fused-ring (bicyclic) bond motifs is 2. The summed E-state index contributed by atoms with van der Waals surface area (Å²) in [5.74, 6) is 2.00.